The van der Waals surface area contributed by atoms with E-state index in [4.69, 9.17) is 16.7 Å². The zero-order valence-electron chi connectivity index (χ0n) is 6.75. The van der Waals surface area contributed by atoms with Crippen molar-refractivity contribution in [2.75, 3.05) is 5.32 Å². The molecule has 1 aliphatic heterocycles. The molecule has 0 aliphatic carbocycles. The molecule has 1 aromatic rings. The number of aliphatic carboxylic acids is 1. The number of carboxylic acid groups (broad SMARTS) is 1. The molecule has 1 atom stereocenters. The molecule has 0 spiro atoms. The molecular formula is C9H8ClNO2. The molecule has 1 aliphatic rings. The van der Waals surface area contributed by atoms with Gasteiger partial charge in [-0.3, -0.25) is 0 Å². The number of nitrogens with one attached hydrogen (secondary N) is 1. The van der Waals surface area contributed by atoms with E-state index in [-0.39, 0.29) is 0 Å². The molecule has 0 amide bonds. The van der Waals surface area contributed by atoms with Crippen LogP contribution in [0.1, 0.15) is 5.56 Å². The molecule has 3 nitrogen and oxygen atoms in total. The normalized spacial score (nSPS) is 19.3. The summed E-state index contributed by atoms with van der Waals surface area (Å²) in [6.45, 7) is 0. The molecule has 68 valence electrons. The van der Waals surface area contributed by atoms with Crippen LogP contribution in [0.2, 0.25) is 5.02 Å². The minimum absolute atomic E-state index is 0.505. The minimum Gasteiger partial charge on any atom is -0.480 e. The second-order valence-corrected chi connectivity index (χ2v) is 3.48. The number of rotatable bonds is 1. The number of carbonyl (C=O) groups is 1. The standard InChI is InChI=1S/C9H8ClNO2/c10-6-1-2-7-5(3-6)4-8(11-7)9(12)13/h1-3,8,11H,4H2,(H,12,13). The molecule has 0 bridgehead atoms. The lowest BCUT2D eigenvalue weighted by molar-refractivity contribution is -0.137. The van der Waals surface area contributed by atoms with Crippen molar-refractivity contribution in [1.82, 2.24) is 0 Å². The maximum absolute atomic E-state index is 10.7. The van der Waals surface area contributed by atoms with Crippen LogP contribution in [-0.4, -0.2) is 17.1 Å². The van der Waals surface area contributed by atoms with Gasteiger partial charge < -0.3 is 10.4 Å². The summed E-state index contributed by atoms with van der Waals surface area (Å²) in [7, 11) is 0. The summed E-state index contributed by atoms with van der Waals surface area (Å²) in [5.74, 6) is -0.827. The molecule has 0 fully saturated rings. The predicted octanol–water partition coefficient (Wildman–Crippen LogP) is 1.76. The van der Waals surface area contributed by atoms with E-state index in [0.29, 0.717) is 11.4 Å². The van der Waals surface area contributed by atoms with Crippen LogP contribution in [0.25, 0.3) is 0 Å². The van der Waals surface area contributed by atoms with Crippen molar-refractivity contribution in [2.45, 2.75) is 12.5 Å². The van der Waals surface area contributed by atoms with Crippen LogP contribution in [0.15, 0.2) is 18.2 Å². The third-order valence-corrected chi connectivity index (χ3v) is 2.35. The molecular weight excluding hydrogens is 190 g/mol. The fraction of sp³-hybridized carbons (Fsp3) is 0.222. The highest BCUT2D eigenvalue weighted by atomic mass is 35.5. The van der Waals surface area contributed by atoms with Crippen LogP contribution in [0.3, 0.4) is 0 Å². The third kappa shape index (κ3) is 1.47. The molecule has 2 rings (SSSR count). The van der Waals surface area contributed by atoms with Gasteiger partial charge in [-0.15, -0.1) is 0 Å². The molecule has 1 aromatic carbocycles. The smallest absolute Gasteiger partial charge is 0.326 e. The predicted molar refractivity (Wildman–Crippen MR) is 50.2 cm³/mol. The lowest BCUT2D eigenvalue weighted by Crippen LogP contribution is -2.26. The van der Waals surface area contributed by atoms with Crippen LogP contribution in [0, 0.1) is 0 Å². The first-order valence-electron chi connectivity index (χ1n) is 3.94. The van der Waals surface area contributed by atoms with Gasteiger partial charge in [0.15, 0.2) is 0 Å². The topological polar surface area (TPSA) is 49.3 Å². The Morgan fingerprint density at radius 2 is 2.38 bits per heavy atom. The Kier molecular flexibility index (Phi) is 1.88. The molecule has 13 heavy (non-hydrogen) atoms. The van der Waals surface area contributed by atoms with Crippen molar-refractivity contribution >= 4 is 23.3 Å². The van der Waals surface area contributed by atoms with Gasteiger partial charge in [-0.2, -0.15) is 0 Å². The van der Waals surface area contributed by atoms with Gasteiger partial charge in [-0.05, 0) is 23.8 Å². The number of benzene rings is 1. The summed E-state index contributed by atoms with van der Waals surface area (Å²) in [6.07, 6.45) is 0.505. The number of halogens is 1. The molecule has 1 unspecified atom stereocenters. The Morgan fingerprint density at radius 1 is 1.62 bits per heavy atom. The van der Waals surface area contributed by atoms with Gasteiger partial charge >= 0.3 is 5.97 Å². The zero-order valence-corrected chi connectivity index (χ0v) is 7.51. The summed E-state index contributed by atoms with van der Waals surface area (Å²) in [5, 5.41) is 12.3. The highest BCUT2D eigenvalue weighted by Crippen LogP contribution is 2.28. The van der Waals surface area contributed by atoms with E-state index in [1.54, 1.807) is 18.2 Å². The van der Waals surface area contributed by atoms with Gasteiger partial charge in [-0.1, -0.05) is 11.6 Å². The van der Waals surface area contributed by atoms with E-state index in [0.717, 1.165) is 11.3 Å². The lowest BCUT2D eigenvalue weighted by Gasteiger charge is -2.03. The van der Waals surface area contributed by atoms with Crippen molar-refractivity contribution in [3.63, 3.8) is 0 Å². The van der Waals surface area contributed by atoms with E-state index in [2.05, 4.69) is 5.32 Å². The van der Waals surface area contributed by atoms with Crippen molar-refractivity contribution in [2.24, 2.45) is 0 Å². The fourth-order valence-electron chi connectivity index (χ4n) is 1.48. The van der Waals surface area contributed by atoms with Gasteiger partial charge in [0.05, 0.1) is 0 Å². The van der Waals surface area contributed by atoms with Crippen LogP contribution in [0.4, 0.5) is 5.69 Å². The van der Waals surface area contributed by atoms with Crippen LogP contribution < -0.4 is 5.32 Å². The summed E-state index contributed by atoms with van der Waals surface area (Å²) in [6, 6.07) is 4.85. The van der Waals surface area contributed by atoms with Gasteiger partial charge in [0, 0.05) is 17.1 Å². The zero-order chi connectivity index (χ0) is 9.42. The molecule has 2 N–H and O–H groups in total. The monoisotopic (exact) mass is 197 g/mol. The van der Waals surface area contributed by atoms with Crippen LogP contribution in [-0.2, 0) is 11.2 Å². The first-order chi connectivity index (χ1) is 6.16. The summed E-state index contributed by atoms with van der Waals surface area (Å²) in [5.41, 5.74) is 1.84. The minimum atomic E-state index is -0.827. The molecule has 0 aromatic heterocycles. The Bertz CT molecular complexity index is 365. The van der Waals surface area contributed by atoms with E-state index >= 15 is 0 Å². The van der Waals surface area contributed by atoms with Crippen LogP contribution in [0.5, 0.6) is 0 Å². The Balaban J connectivity index is 2.30. The van der Waals surface area contributed by atoms with E-state index in [1.807, 2.05) is 0 Å². The first-order valence-corrected chi connectivity index (χ1v) is 4.32. The highest BCUT2D eigenvalue weighted by molar-refractivity contribution is 6.30. The van der Waals surface area contributed by atoms with Gasteiger partial charge in [0.25, 0.3) is 0 Å². The third-order valence-electron chi connectivity index (χ3n) is 2.12. The first kappa shape index (κ1) is 8.38. The highest BCUT2D eigenvalue weighted by Gasteiger charge is 2.25. The van der Waals surface area contributed by atoms with Crippen LogP contribution >= 0.6 is 11.6 Å². The fourth-order valence-corrected chi connectivity index (χ4v) is 1.67. The lowest BCUT2D eigenvalue weighted by atomic mass is 10.1. The second kappa shape index (κ2) is 2.92. The average molecular weight is 198 g/mol. The van der Waals surface area contributed by atoms with Crippen molar-refractivity contribution in [3.05, 3.63) is 28.8 Å². The Morgan fingerprint density at radius 3 is 3.08 bits per heavy atom. The van der Waals surface area contributed by atoms with Gasteiger partial charge in [0.1, 0.15) is 6.04 Å². The number of fused-ring (bicyclic) bond motifs is 1. The maximum atomic E-state index is 10.7. The Labute approximate surface area is 80.3 Å². The van der Waals surface area contributed by atoms with Crippen molar-refractivity contribution < 1.29 is 9.90 Å². The van der Waals surface area contributed by atoms with Crippen molar-refractivity contribution in [3.8, 4) is 0 Å². The second-order valence-electron chi connectivity index (χ2n) is 3.04. The number of hydrogen-bond acceptors (Lipinski definition) is 2. The SMILES string of the molecule is O=C(O)C1Cc2cc(Cl)ccc2N1. The molecule has 0 saturated heterocycles. The summed E-state index contributed by atoms with van der Waals surface area (Å²) < 4.78 is 0. The Hall–Kier alpha value is -1.22. The molecule has 0 saturated carbocycles. The maximum Gasteiger partial charge on any atom is 0.326 e. The number of hydrogen-bond donors (Lipinski definition) is 2. The quantitative estimate of drug-likeness (QED) is 0.721. The van der Waals surface area contributed by atoms with E-state index in [9.17, 15) is 4.79 Å². The van der Waals surface area contributed by atoms with Gasteiger partial charge in [0.2, 0.25) is 0 Å². The molecule has 1 heterocycles. The van der Waals surface area contributed by atoms with E-state index in [1.165, 1.54) is 0 Å². The van der Waals surface area contributed by atoms with Gasteiger partial charge in [-0.25, -0.2) is 4.79 Å². The van der Waals surface area contributed by atoms with E-state index < -0.39 is 12.0 Å². The summed E-state index contributed by atoms with van der Waals surface area (Å²) >= 11 is 5.78. The molecule has 0 radical (unpaired) electrons. The number of anilines is 1. The summed E-state index contributed by atoms with van der Waals surface area (Å²) in [4.78, 5) is 10.7. The molecule has 4 heteroatoms. The number of carboxylic acids is 1. The van der Waals surface area contributed by atoms with Crippen molar-refractivity contribution in [1.29, 1.82) is 0 Å². The largest absolute Gasteiger partial charge is 0.480 e. The average Bonchev–Trinajstić information content (AvgIpc) is 2.46.